The van der Waals surface area contributed by atoms with Crippen LogP contribution in [0.25, 0.3) is 10.9 Å². The van der Waals surface area contributed by atoms with E-state index < -0.39 is 0 Å². The van der Waals surface area contributed by atoms with Gasteiger partial charge in [-0.3, -0.25) is 0 Å². The van der Waals surface area contributed by atoms with Gasteiger partial charge in [-0.2, -0.15) is 0 Å². The predicted molar refractivity (Wildman–Crippen MR) is 60.2 cm³/mol. The summed E-state index contributed by atoms with van der Waals surface area (Å²) in [5, 5.41) is 0.934. The molecule has 0 spiro atoms. The number of benzene rings is 1. The lowest BCUT2D eigenvalue weighted by Crippen LogP contribution is -1.96. The first-order valence-corrected chi connectivity index (χ1v) is 4.77. The summed E-state index contributed by atoms with van der Waals surface area (Å²) in [6, 6.07) is 3.69. The lowest BCUT2D eigenvalue weighted by molar-refractivity contribution is 0.412. The molecular formula is C10H10ClN3O. The number of hydrogen-bond acceptors (Lipinski definition) is 4. The molecule has 4 nitrogen and oxygen atoms in total. The minimum absolute atomic E-state index is 0.144. The Morgan fingerprint density at radius 1 is 1.33 bits per heavy atom. The standard InChI is InChI=1S/C10H10ClN3O/c1-5-3-6-7(4-8(5)15-2)13-10(11)14-9(6)12/h3-4H,1-2H3,(H2,12,13,14). The second kappa shape index (κ2) is 3.55. The maximum absolute atomic E-state index is 5.74. The van der Waals surface area contributed by atoms with E-state index in [1.807, 2.05) is 13.0 Å². The molecule has 0 atom stereocenters. The van der Waals surface area contributed by atoms with E-state index in [4.69, 9.17) is 22.1 Å². The first-order chi connectivity index (χ1) is 7.11. The molecule has 1 aromatic heterocycles. The number of halogens is 1. The van der Waals surface area contributed by atoms with Crippen LogP contribution in [0.5, 0.6) is 5.75 Å². The van der Waals surface area contributed by atoms with Gasteiger partial charge in [0.25, 0.3) is 0 Å². The average molecular weight is 224 g/mol. The topological polar surface area (TPSA) is 61.0 Å². The quantitative estimate of drug-likeness (QED) is 0.753. The fraction of sp³-hybridized carbons (Fsp3) is 0.200. The Labute approximate surface area is 92.0 Å². The smallest absolute Gasteiger partial charge is 0.224 e. The Balaban J connectivity index is 2.81. The highest BCUT2D eigenvalue weighted by Gasteiger charge is 2.07. The van der Waals surface area contributed by atoms with Gasteiger partial charge in [0.15, 0.2) is 0 Å². The van der Waals surface area contributed by atoms with Gasteiger partial charge in [0.05, 0.1) is 12.6 Å². The number of nitrogen functional groups attached to an aromatic ring is 1. The van der Waals surface area contributed by atoms with E-state index in [1.165, 1.54) is 0 Å². The maximum Gasteiger partial charge on any atom is 0.224 e. The number of nitrogens with zero attached hydrogens (tertiary/aromatic N) is 2. The van der Waals surface area contributed by atoms with Gasteiger partial charge in [0, 0.05) is 11.5 Å². The van der Waals surface area contributed by atoms with Gasteiger partial charge in [0.2, 0.25) is 5.28 Å². The molecule has 2 rings (SSSR count). The van der Waals surface area contributed by atoms with Crippen molar-refractivity contribution in [3.05, 3.63) is 23.0 Å². The molecule has 0 amide bonds. The minimum atomic E-state index is 0.144. The lowest BCUT2D eigenvalue weighted by atomic mass is 10.1. The van der Waals surface area contributed by atoms with Crippen LogP contribution in [0.2, 0.25) is 5.28 Å². The van der Waals surface area contributed by atoms with Crippen LogP contribution in [0.4, 0.5) is 5.82 Å². The number of methoxy groups -OCH3 is 1. The fourth-order valence-corrected chi connectivity index (χ4v) is 1.66. The van der Waals surface area contributed by atoms with Crippen LogP contribution in [0, 0.1) is 6.92 Å². The Morgan fingerprint density at radius 3 is 2.73 bits per heavy atom. The van der Waals surface area contributed by atoms with Gasteiger partial charge in [-0.25, -0.2) is 9.97 Å². The number of nitrogens with two attached hydrogens (primary N) is 1. The number of anilines is 1. The van der Waals surface area contributed by atoms with Gasteiger partial charge >= 0.3 is 0 Å². The largest absolute Gasteiger partial charge is 0.496 e. The second-order valence-electron chi connectivity index (χ2n) is 3.22. The third-order valence-electron chi connectivity index (χ3n) is 2.21. The van der Waals surface area contributed by atoms with Crippen LogP contribution in [0.15, 0.2) is 12.1 Å². The highest BCUT2D eigenvalue weighted by Crippen LogP contribution is 2.27. The van der Waals surface area contributed by atoms with E-state index in [0.29, 0.717) is 11.3 Å². The van der Waals surface area contributed by atoms with E-state index in [9.17, 15) is 0 Å². The first-order valence-electron chi connectivity index (χ1n) is 4.39. The van der Waals surface area contributed by atoms with Crippen molar-refractivity contribution in [1.82, 2.24) is 9.97 Å². The summed E-state index contributed by atoms with van der Waals surface area (Å²) in [5.74, 6) is 1.15. The van der Waals surface area contributed by atoms with Gasteiger partial charge in [0.1, 0.15) is 11.6 Å². The number of aryl methyl sites for hydroxylation is 1. The van der Waals surface area contributed by atoms with Crippen molar-refractivity contribution in [2.24, 2.45) is 0 Å². The summed E-state index contributed by atoms with van der Waals surface area (Å²) < 4.78 is 5.19. The molecule has 0 bridgehead atoms. The molecule has 0 fully saturated rings. The molecule has 0 unspecified atom stereocenters. The molecule has 2 aromatic rings. The van der Waals surface area contributed by atoms with E-state index in [0.717, 1.165) is 16.7 Å². The van der Waals surface area contributed by atoms with Crippen LogP contribution in [-0.2, 0) is 0 Å². The van der Waals surface area contributed by atoms with Crippen LogP contribution < -0.4 is 10.5 Å². The SMILES string of the molecule is COc1cc2nc(Cl)nc(N)c2cc1C. The summed E-state index contributed by atoms with van der Waals surface area (Å²) in [6.45, 7) is 1.94. The van der Waals surface area contributed by atoms with Gasteiger partial charge in [-0.05, 0) is 30.2 Å². The van der Waals surface area contributed by atoms with Crippen molar-refractivity contribution in [2.45, 2.75) is 6.92 Å². The highest BCUT2D eigenvalue weighted by molar-refractivity contribution is 6.28. The van der Waals surface area contributed by atoms with Crippen LogP contribution >= 0.6 is 11.6 Å². The predicted octanol–water partition coefficient (Wildman–Crippen LogP) is 2.18. The summed E-state index contributed by atoms with van der Waals surface area (Å²) in [4.78, 5) is 7.97. The van der Waals surface area contributed by atoms with Crippen molar-refractivity contribution < 1.29 is 4.74 Å². The number of rotatable bonds is 1. The van der Waals surface area contributed by atoms with Crippen LogP contribution in [0.3, 0.4) is 0 Å². The number of hydrogen-bond donors (Lipinski definition) is 1. The molecule has 15 heavy (non-hydrogen) atoms. The molecule has 0 aliphatic rings. The summed E-state index contributed by atoms with van der Waals surface area (Å²) in [6.07, 6.45) is 0. The van der Waals surface area contributed by atoms with E-state index >= 15 is 0 Å². The van der Waals surface area contributed by atoms with Crippen molar-refractivity contribution in [3.8, 4) is 5.75 Å². The zero-order valence-electron chi connectivity index (χ0n) is 8.41. The van der Waals surface area contributed by atoms with E-state index in [2.05, 4.69) is 9.97 Å². The molecule has 0 radical (unpaired) electrons. The molecule has 2 N–H and O–H groups in total. The van der Waals surface area contributed by atoms with Crippen molar-refractivity contribution in [2.75, 3.05) is 12.8 Å². The average Bonchev–Trinajstić information content (AvgIpc) is 2.18. The maximum atomic E-state index is 5.74. The second-order valence-corrected chi connectivity index (χ2v) is 3.55. The third-order valence-corrected chi connectivity index (χ3v) is 2.38. The Bertz CT molecular complexity index is 528. The molecule has 1 heterocycles. The molecule has 0 saturated carbocycles. The number of aromatic nitrogens is 2. The monoisotopic (exact) mass is 223 g/mol. The third kappa shape index (κ3) is 1.68. The van der Waals surface area contributed by atoms with Crippen LogP contribution in [0.1, 0.15) is 5.56 Å². The molecular weight excluding hydrogens is 214 g/mol. The van der Waals surface area contributed by atoms with Gasteiger partial charge in [-0.1, -0.05) is 0 Å². The fourth-order valence-electron chi connectivity index (χ4n) is 1.48. The summed E-state index contributed by atoms with van der Waals surface area (Å²) in [7, 11) is 1.61. The zero-order chi connectivity index (χ0) is 11.0. The Morgan fingerprint density at radius 2 is 2.07 bits per heavy atom. The van der Waals surface area contributed by atoms with Crippen molar-refractivity contribution in [1.29, 1.82) is 0 Å². The van der Waals surface area contributed by atoms with E-state index in [1.54, 1.807) is 13.2 Å². The number of ether oxygens (including phenoxy) is 1. The normalized spacial score (nSPS) is 10.6. The lowest BCUT2D eigenvalue weighted by Gasteiger charge is -2.07. The Hall–Kier alpha value is -1.55. The summed E-state index contributed by atoms with van der Waals surface area (Å²) >= 11 is 5.72. The molecule has 0 aliphatic carbocycles. The zero-order valence-corrected chi connectivity index (χ0v) is 9.17. The van der Waals surface area contributed by atoms with Crippen molar-refractivity contribution in [3.63, 3.8) is 0 Å². The van der Waals surface area contributed by atoms with Gasteiger partial charge in [-0.15, -0.1) is 0 Å². The molecule has 1 aromatic carbocycles. The Kier molecular flexibility index (Phi) is 2.36. The minimum Gasteiger partial charge on any atom is -0.496 e. The van der Waals surface area contributed by atoms with Crippen molar-refractivity contribution >= 4 is 28.3 Å². The van der Waals surface area contributed by atoms with Crippen LogP contribution in [-0.4, -0.2) is 17.1 Å². The van der Waals surface area contributed by atoms with Gasteiger partial charge < -0.3 is 10.5 Å². The van der Waals surface area contributed by atoms with E-state index in [-0.39, 0.29) is 5.28 Å². The summed E-state index contributed by atoms with van der Waals surface area (Å²) in [5.41, 5.74) is 7.42. The first kappa shape index (κ1) is 9.98. The molecule has 5 heteroatoms. The molecule has 0 aliphatic heterocycles. The molecule has 78 valence electrons. The number of fused-ring (bicyclic) bond motifs is 1. The highest BCUT2D eigenvalue weighted by atomic mass is 35.5. The molecule has 0 saturated heterocycles.